The molecule has 0 bridgehead atoms. The van der Waals surface area contributed by atoms with Crippen molar-refractivity contribution in [3.63, 3.8) is 0 Å². The highest BCUT2D eigenvalue weighted by atomic mass is 19.1. The fraction of sp³-hybridized carbons (Fsp3) is 0.476. The van der Waals surface area contributed by atoms with Gasteiger partial charge in [0.15, 0.2) is 5.65 Å². The van der Waals surface area contributed by atoms with Crippen LogP contribution in [-0.4, -0.2) is 52.0 Å². The Labute approximate surface area is 168 Å². The van der Waals surface area contributed by atoms with Crippen LogP contribution in [0.4, 0.5) is 10.2 Å². The summed E-state index contributed by atoms with van der Waals surface area (Å²) in [6, 6.07) is 3.73. The summed E-state index contributed by atoms with van der Waals surface area (Å²) in [6.45, 7) is 4.98. The molecule has 1 saturated heterocycles. The number of nitrogens with one attached hydrogen (secondary N) is 2. The van der Waals surface area contributed by atoms with Gasteiger partial charge < -0.3 is 15.4 Å². The second-order valence-corrected chi connectivity index (χ2v) is 8.03. The number of anilines is 1. The van der Waals surface area contributed by atoms with Crippen LogP contribution in [0, 0.1) is 13.8 Å². The van der Waals surface area contributed by atoms with Crippen LogP contribution >= 0.6 is 0 Å². The zero-order chi connectivity index (χ0) is 20.1. The van der Waals surface area contributed by atoms with Crippen molar-refractivity contribution in [3.8, 4) is 17.1 Å². The third-order valence-electron chi connectivity index (χ3n) is 5.78. The zero-order valence-electron chi connectivity index (χ0n) is 16.9. The van der Waals surface area contributed by atoms with Gasteiger partial charge in [-0.15, -0.1) is 0 Å². The number of pyridine rings is 1. The van der Waals surface area contributed by atoms with Crippen LogP contribution in [-0.2, 0) is 0 Å². The predicted octanol–water partition coefficient (Wildman–Crippen LogP) is 3.02. The summed E-state index contributed by atoms with van der Waals surface area (Å²) in [7, 11) is 1.67. The molecule has 1 aliphatic carbocycles. The van der Waals surface area contributed by atoms with Crippen molar-refractivity contribution in [1.82, 2.24) is 24.9 Å². The molecule has 0 amide bonds. The number of hydrogen-bond acceptors (Lipinski definition) is 6. The molecular formula is C21H25FN6O. The minimum absolute atomic E-state index is 0.275. The van der Waals surface area contributed by atoms with Crippen molar-refractivity contribution >= 4 is 11.5 Å². The minimum atomic E-state index is -0.924. The SMILES string of the molecule is COc1cc2ncc(-c3nc(NC4CNCC4F)c(C)cc3C)n2nc1C1CC1. The first-order valence-electron chi connectivity index (χ1n) is 10.1. The lowest BCUT2D eigenvalue weighted by Crippen LogP contribution is -2.30. The summed E-state index contributed by atoms with van der Waals surface area (Å²) in [4.78, 5) is 9.38. The Morgan fingerprint density at radius 1 is 1.21 bits per heavy atom. The average molecular weight is 396 g/mol. The van der Waals surface area contributed by atoms with E-state index in [2.05, 4.69) is 21.7 Å². The molecule has 1 saturated carbocycles. The van der Waals surface area contributed by atoms with E-state index < -0.39 is 6.17 Å². The number of methoxy groups -OCH3 is 1. The van der Waals surface area contributed by atoms with E-state index >= 15 is 0 Å². The van der Waals surface area contributed by atoms with E-state index in [0.29, 0.717) is 24.8 Å². The third-order valence-corrected chi connectivity index (χ3v) is 5.78. The van der Waals surface area contributed by atoms with E-state index in [1.807, 2.05) is 24.4 Å². The molecule has 0 spiro atoms. The van der Waals surface area contributed by atoms with Crippen molar-refractivity contribution in [2.45, 2.75) is 44.8 Å². The molecule has 0 aromatic carbocycles. The van der Waals surface area contributed by atoms with Gasteiger partial charge in [-0.2, -0.15) is 5.10 Å². The highest BCUT2D eigenvalue weighted by Gasteiger charge is 2.30. The number of rotatable bonds is 5. The maximum absolute atomic E-state index is 14.1. The highest BCUT2D eigenvalue weighted by molar-refractivity contribution is 5.67. The molecule has 3 aromatic rings. The number of imidazole rings is 1. The fourth-order valence-electron chi connectivity index (χ4n) is 4.00. The number of nitrogens with zero attached hydrogens (tertiary/aromatic N) is 4. The molecule has 152 valence electrons. The van der Waals surface area contributed by atoms with Gasteiger partial charge in [-0.3, -0.25) is 0 Å². The van der Waals surface area contributed by atoms with Gasteiger partial charge >= 0.3 is 0 Å². The molecular weight excluding hydrogens is 371 g/mol. The quantitative estimate of drug-likeness (QED) is 0.691. The molecule has 5 rings (SSSR count). The molecule has 2 atom stereocenters. The van der Waals surface area contributed by atoms with Gasteiger partial charge in [0.05, 0.1) is 25.0 Å². The molecule has 1 aliphatic heterocycles. The molecule has 2 fully saturated rings. The number of hydrogen-bond donors (Lipinski definition) is 2. The lowest BCUT2D eigenvalue weighted by molar-refractivity contribution is 0.342. The Morgan fingerprint density at radius 2 is 2.03 bits per heavy atom. The minimum Gasteiger partial charge on any atom is -0.495 e. The van der Waals surface area contributed by atoms with Crippen molar-refractivity contribution in [1.29, 1.82) is 0 Å². The van der Waals surface area contributed by atoms with Crippen LogP contribution in [0.5, 0.6) is 5.75 Å². The number of fused-ring (bicyclic) bond motifs is 1. The first-order chi connectivity index (χ1) is 14.0. The van der Waals surface area contributed by atoms with Crippen LogP contribution in [0.25, 0.3) is 17.0 Å². The number of halogens is 1. The second kappa shape index (κ2) is 6.95. The summed E-state index contributed by atoms with van der Waals surface area (Å²) >= 11 is 0. The average Bonchev–Trinajstić information content (AvgIpc) is 3.36. The fourth-order valence-corrected chi connectivity index (χ4v) is 4.00. The summed E-state index contributed by atoms with van der Waals surface area (Å²) in [5, 5.41) is 11.2. The zero-order valence-corrected chi connectivity index (χ0v) is 16.9. The first-order valence-corrected chi connectivity index (χ1v) is 10.1. The maximum atomic E-state index is 14.1. The molecule has 4 heterocycles. The van der Waals surface area contributed by atoms with Crippen LogP contribution in [0.3, 0.4) is 0 Å². The molecule has 0 radical (unpaired) electrons. The summed E-state index contributed by atoms with van der Waals surface area (Å²) in [6.07, 6.45) is 3.14. The van der Waals surface area contributed by atoms with Crippen molar-refractivity contribution in [2.75, 3.05) is 25.5 Å². The topological polar surface area (TPSA) is 76.4 Å². The van der Waals surface area contributed by atoms with Gasteiger partial charge in [-0.1, -0.05) is 6.07 Å². The van der Waals surface area contributed by atoms with E-state index in [1.54, 1.807) is 13.3 Å². The molecule has 2 unspecified atom stereocenters. The first kappa shape index (κ1) is 18.3. The Hall–Kier alpha value is -2.74. The van der Waals surface area contributed by atoms with E-state index in [1.165, 1.54) is 0 Å². The molecule has 7 nitrogen and oxygen atoms in total. The lowest BCUT2D eigenvalue weighted by atomic mass is 10.1. The van der Waals surface area contributed by atoms with Gasteiger partial charge in [-0.05, 0) is 37.8 Å². The molecule has 3 aromatic heterocycles. The smallest absolute Gasteiger partial charge is 0.157 e. The third kappa shape index (κ3) is 3.21. The predicted molar refractivity (Wildman–Crippen MR) is 109 cm³/mol. The van der Waals surface area contributed by atoms with Gasteiger partial charge in [0.2, 0.25) is 0 Å². The monoisotopic (exact) mass is 396 g/mol. The van der Waals surface area contributed by atoms with Crippen molar-refractivity contribution < 1.29 is 9.13 Å². The van der Waals surface area contributed by atoms with Gasteiger partial charge in [0.25, 0.3) is 0 Å². The molecule has 2 N–H and O–H groups in total. The number of aryl methyl sites for hydroxylation is 2. The maximum Gasteiger partial charge on any atom is 0.157 e. The van der Waals surface area contributed by atoms with Gasteiger partial charge in [0.1, 0.15) is 29.1 Å². The Bertz CT molecular complexity index is 1080. The van der Waals surface area contributed by atoms with E-state index in [-0.39, 0.29) is 6.04 Å². The number of aromatic nitrogens is 4. The van der Waals surface area contributed by atoms with E-state index in [9.17, 15) is 4.39 Å². The Balaban J connectivity index is 1.59. The highest BCUT2D eigenvalue weighted by Crippen LogP contribution is 2.43. The van der Waals surface area contributed by atoms with Crippen molar-refractivity contribution in [3.05, 3.63) is 35.2 Å². The molecule has 8 heteroatoms. The molecule has 2 aliphatic rings. The Kier molecular flexibility index (Phi) is 4.38. The normalized spacial score (nSPS) is 21.7. The second-order valence-electron chi connectivity index (χ2n) is 8.03. The van der Waals surface area contributed by atoms with Crippen molar-refractivity contribution in [2.24, 2.45) is 0 Å². The summed E-state index contributed by atoms with van der Waals surface area (Å²) in [5.41, 5.74) is 5.34. The summed E-state index contributed by atoms with van der Waals surface area (Å²) in [5.74, 6) is 1.94. The van der Waals surface area contributed by atoms with Crippen LogP contribution in [0.1, 0.15) is 35.6 Å². The summed E-state index contributed by atoms with van der Waals surface area (Å²) < 4.78 is 21.5. The molecule has 29 heavy (non-hydrogen) atoms. The van der Waals surface area contributed by atoms with Crippen LogP contribution in [0.15, 0.2) is 18.3 Å². The van der Waals surface area contributed by atoms with Crippen LogP contribution in [0.2, 0.25) is 0 Å². The van der Waals surface area contributed by atoms with E-state index in [0.717, 1.165) is 52.4 Å². The van der Waals surface area contributed by atoms with Gasteiger partial charge in [-0.25, -0.2) is 18.9 Å². The number of ether oxygens (including phenoxy) is 1. The number of alkyl halides is 1. The Morgan fingerprint density at radius 3 is 2.72 bits per heavy atom. The lowest BCUT2D eigenvalue weighted by Gasteiger charge is -2.18. The standard InChI is InChI=1S/C21H25FN6O/c1-11-6-12(2)21(25-15-9-23-8-14(15)22)26-19(11)16-10-24-18-7-17(29-3)20(13-4-5-13)27-28(16)18/h6-7,10,13-15,23H,4-5,8-9H2,1-3H3,(H,25,26). The largest absolute Gasteiger partial charge is 0.495 e. The van der Waals surface area contributed by atoms with E-state index in [4.69, 9.17) is 14.8 Å². The van der Waals surface area contributed by atoms with Crippen LogP contribution < -0.4 is 15.4 Å². The van der Waals surface area contributed by atoms with Gasteiger partial charge in [0, 0.05) is 25.1 Å².